The Morgan fingerprint density at radius 3 is 2.14 bits per heavy atom. The van der Waals surface area contributed by atoms with Crippen LogP contribution in [-0.4, -0.2) is 38.0 Å². The van der Waals surface area contributed by atoms with Gasteiger partial charge in [0, 0.05) is 17.5 Å². The highest BCUT2D eigenvalue weighted by Crippen LogP contribution is 2.45. The predicted octanol–water partition coefficient (Wildman–Crippen LogP) is 8.24. The molecule has 1 fully saturated rings. The van der Waals surface area contributed by atoms with Gasteiger partial charge >= 0.3 is 0 Å². The molecular weight excluding hydrogens is 576 g/mol. The van der Waals surface area contributed by atoms with E-state index in [0.717, 1.165) is 41.5 Å². The van der Waals surface area contributed by atoms with E-state index in [4.69, 9.17) is 35.3 Å². The Morgan fingerprint density at radius 1 is 0.864 bits per heavy atom. The number of halogens is 1. The number of rotatable bonds is 14. The van der Waals surface area contributed by atoms with Crippen LogP contribution >= 0.6 is 11.6 Å². The Kier molecular flexibility index (Phi) is 11.3. The number of methoxy groups -OCH3 is 1. The zero-order chi connectivity index (χ0) is 30.8. The van der Waals surface area contributed by atoms with E-state index in [0.29, 0.717) is 42.8 Å². The summed E-state index contributed by atoms with van der Waals surface area (Å²) in [5.41, 5.74) is 2.08. The molecule has 1 aliphatic rings. The average molecular weight is 617 g/mol. The van der Waals surface area contributed by atoms with Gasteiger partial charge in [-0.1, -0.05) is 78.3 Å². The molecule has 0 saturated carbocycles. The predicted molar refractivity (Wildman–Crippen MR) is 172 cm³/mol. The van der Waals surface area contributed by atoms with Gasteiger partial charge in [-0.05, 0) is 91.3 Å². The average Bonchev–Trinajstić information content (AvgIpc) is 3.07. The topological polar surface area (TPSA) is 66.4 Å². The van der Waals surface area contributed by atoms with Crippen LogP contribution in [0.5, 0.6) is 11.5 Å². The van der Waals surface area contributed by atoms with E-state index in [9.17, 15) is 5.11 Å². The summed E-state index contributed by atoms with van der Waals surface area (Å²) in [7, 11) is 1.63. The SMILES string of the molecule is COc1ccc(C(O)(c2ccc(OC(C)OCc3ccccc3)cc2)C(CCOC2CCCCO2)c2ccc(Cl)cc2)cc1. The van der Waals surface area contributed by atoms with Gasteiger partial charge < -0.3 is 28.8 Å². The molecule has 0 amide bonds. The van der Waals surface area contributed by atoms with E-state index in [1.807, 2.05) is 110 Å². The molecule has 4 unspecified atom stereocenters. The lowest BCUT2D eigenvalue weighted by molar-refractivity contribution is -0.165. The number of aliphatic hydroxyl groups is 1. The summed E-state index contributed by atoms with van der Waals surface area (Å²) in [6.45, 7) is 3.46. The molecule has 0 aromatic heterocycles. The summed E-state index contributed by atoms with van der Waals surface area (Å²) in [5.74, 6) is 0.994. The summed E-state index contributed by atoms with van der Waals surface area (Å²) in [5, 5.41) is 13.5. The van der Waals surface area contributed by atoms with Crippen molar-refractivity contribution in [3.05, 3.63) is 130 Å². The fourth-order valence-corrected chi connectivity index (χ4v) is 5.81. The molecule has 232 valence electrons. The summed E-state index contributed by atoms with van der Waals surface area (Å²) in [4.78, 5) is 0. The van der Waals surface area contributed by atoms with Crippen molar-refractivity contribution in [2.75, 3.05) is 20.3 Å². The number of benzene rings is 4. The van der Waals surface area contributed by atoms with Gasteiger partial charge in [0.2, 0.25) is 0 Å². The standard InChI is InChI=1S/C37H41ClO6/c1-27(43-26-28-8-4-3-5-9-28)44-34-21-15-31(16-22-34)37(39,30-13-19-33(40-2)20-14-30)35(29-11-17-32(38)18-12-29)23-25-42-36-10-6-7-24-41-36/h3-5,8-9,11-22,27,35-36,39H,6-7,10,23-26H2,1-2H3. The molecule has 5 rings (SSSR count). The molecule has 1 heterocycles. The first kappa shape index (κ1) is 32.0. The summed E-state index contributed by atoms with van der Waals surface area (Å²) < 4.78 is 29.4. The maximum Gasteiger partial charge on any atom is 0.197 e. The van der Waals surface area contributed by atoms with Crippen LogP contribution in [0, 0.1) is 0 Å². The number of ether oxygens (including phenoxy) is 5. The van der Waals surface area contributed by atoms with Gasteiger partial charge in [-0.25, -0.2) is 0 Å². The lowest BCUT2D eigenvalue weighted by Gasteiger charge is -2.38. The number of hydrogen-bond acceptors (Lipinski definition) is 6. The largest absolute Gasteiger partial charge is 0.497 e. The normalized spacial score (nSPS) is 17.8. The second kappa shape index (κ2) is 15.6. The van der Waals surface area contributed by atoms with Crippen molar-refractivity contribution in [1.82, 2.24) is 0 Å². The van der Waals surface area contributed by atoms with E-state index in [-0.39, 0.29) is 12.2 Å². The molecular formula is C37H41ClO6. The van der Waals surface area contributed by atoms with Gasteiger partial charge in [0.25, 0.3) is 0 Å². The summed E-state index contributed by atoms with van der Waals surface area (Å²) in [6.07, 6.45) is 2.90. The van der Waals surface area contributed by atoms with E-state index >= 15 is 0 Å². The van der Waals surface area contributed by atoms with Gasteiger partial charge in [-0.2, -0.15) is 0 Å². The molecule has 7 heteroatoms. The number of hydrogen-bond donors (Lipinski definition) is 1. The van der Waals surface area contributed by atoms with Gasteiger partial charge in [0.1, 0.15) is 17.1 Å². The van der Waals surface area contributed by atoms with Crippen molar-refractivity contribution in [1.29, 1.82) is 0 Å². The molecule has 1 saturated heterocycles. The maximum absolute atomic E-state index is 12.9. The quantitative estimate of drug-likeness (QED) is 0.144. The Morgan fingerprint density at radius 2 is 1.52 bits per heavy atom. The second-order valence-electron chi connectivity index (χ2n) is 11.1. The Balaban J connectivity index is 1.42. The minimum Gasteiger partial charge on any atom is -0.497 e. The molecule has 0 radical (unpaired) electrons. The van der Waals surface area contributed by atoms with E-state index in [1.54, 1.807) is 7.11 Å². The molecule has 1 N–H and O–H groups in total. The maximum atomic E-state index is 12.9. The fraction of sp³-hybridized carbons (Fsp3) is 0.351. The van der Waals surface area contributed by atoms with Crippen molar-refractivity contribution >= 4 is 11.6 Å². The van der Waals surface area contributed by atoms with Crippen LogP contribution in [0.1, 0.15) is 60.8 Å². The van der Waals surface area contributed by atoms with Crippen LogP contribution in [0.2, 0.25) is 5.02 Å². The molecule has 0 spiro atoms. The second-order valence-corrected chi connectivity index (χ2v) is 11.5. The zero-order valence-electron chi connectivity index (χ0n) is 25.4. The van der Waals surface area contributed by atoms with Crippen LogP contribution in [0.4, 0.5) is 0 Å². The van der Waals surface area contributed by atoms with Crippen molar-refractivity contribution in [2.45, 2.75) is 63.3 Å². The molecule has 44 heavy (non-hydrogen) atoms. The van der Waals surface area contributed by atoms with E-state index in [1.165, 1.54) is 0 Å². The molecule has 0 aliphatic carbocycles. The first-order chi connectivity index (χ1) is 21.5. The first-order valence-corrected chi connectivity index (χ1v) is 15.6. The van der Waals surface area contributed by atoms with Gasteiger partial charge in [0.05, 0.1) is 20.3 Å². The van der Waals surface area contributed by atoms with Crippen LogP contribution in [-0.2, 0) is 26.4 Å². The minimum absolute atomic E-state index is 0.216. The van der Waals surface area contributed by atoms with Crippen molar-refractivity contribution < 1.29 is 28.8 Å². The van der Waals surface area contributed by atoms with Crippen LogP contribution in [0.25, 0.3) is 0 Å². The van der Waals surface area contributed by atoms with Crippen molar-refractivity contribution in [3.8, 4) is 11.5 Å². The molecule has 6 nitrogen and oxygen atoms in total. The Bertz CT molecular complexity index is 1410. The van der Waals surface area contributed by atoms with Crippen molar-refractivity contribution in [3.63, 3.8) is 0 Å². The van der Waals surface area contributed by atoms with Crippen LogP contribution in [0.3, 0.4) is 0 Å². The molecule has 1 aliphatic heterocycles. The molecule has 4 aromatic carbocycles. The van der Waals surface area contributed by atoms with Crippen LogP contribution < -0.4 is 9.47 Å². The lowest BCUT2D eigenvalue weighted by Crippen LogP contribution is -2.36. The third-order valence-electron chi connectivity index (χ3n) is 8.08. The zero-order valence-corrected chi connectivity index (χ0v) is 26.1. The first-order valence-electron chi connectivity index (χ1n) is 15.2. The Labute approximate surface area is 265 Å². The van der Waals surface area contributed by atoms with Crippen LogP contribution in [0.15, 0.2) is 103 Å². The molecule has 4 atom stereocenters. The molecule has 0 bridgehead atoms. The van der Waals surface area contributed by atoms with Crippen molar-refractivity contribution in [2.24, 2.45) is 0 Å². The molecule has 4 aromatic rings. The monoisotopic (exact) mass is 616 g/mol. The summed E-state index contributed by atoms with van der Waals surface area (Å²) >= 11 is 6.28. The van der Waals surface area contributed by atoms with E-state index < -0.39 is 11.9 Å². The smallest absolute Gasteiger partial charge is 0.197 e. The fourth-order valence-electron chi connectivity index (χ4n) is 5.69. The Hall–Kier alpha value is -3.39. The third kappa shape index (κ3) is 8.20. The third-order valence-corrected chi connectivity index (χ3v) is 8.33. The van der Waals surface area contributed by atoms with Gasteiger partial charge in [-0.15, -0.1) is 0 Å². The highest BCUT2D eigenvalue weighted by molar-refractivity contribution is 6.30. The minimum atomic E-state index is -1.41. The highest BCUT2D eigenvalue weighted by atomic mass is 35.5. The lowest BCUT2D eigenvalue weighted by atomic mass is 9.71. The summed E-state index contributed by atoms with van der Waals surface area (Å²) in [6, 6.07) is 32.8. The van der Waals surface area contributed by atoms with Gasteiger partial charge in [-0.3, -0.25) is 0 Å². The van der Waals surface area contributed by atoms with Gasteiger partial charge in [0.15, 0.2) is 12.6 Å². The highest BCUT2D eigenvalue weighted by Gasteiger charge is 2.41. The van der Waals surface area contributed by atoms with E-state index in [2.05, 4.69) is 0 Å².